The van der Waals surface area contributed by atoms with E-state index in [2.05, 4.69) is 99.1 Å². The number of rotatable bonds is 46. The number of pyridine rings is 1. The van der Waals surface area contributed by atoms with E-state index in [1.54, 1.807) is 36.4 Å². The van der Waals surface area contributed by atoms with E-state index in [-0.39, 0.29) is 113 Å². The lowest BCUT2D eigenvalue weighted by Crippen LogP contribution is -2.61. The number of nitrogens with two attached hydrogens (primary N) is 3. The zero-order valence-electron chi connectivity index (χ0n) is 62.1. The Morgan fingerprint density at radius 3 is 1.58 bits per heavy atom. The highest BCUT2D eigenvalue weighted by atomic mass is 35.5. The molecule has 0 bridgehead atoms. The van der Waals surface area contributed by atoms with E-state index >= 15 is 9.59 Å². The summed E-state index contributed by atoms with van der Waals surface area (Å²) in [6.45, 7) is 8.79. The topological polar surface area (TPSA) is 530 Å². The molecule has 0 spiro atoms. The van der Waals surface area contributed by atoms with Crippen molar-refractivity contribution >= 4 is 111 Å². The zero-order valence-corrected chi connectivity index (χ0v) is 62.8. The van der Waals surface area contributed by atoms with Crippen LogP contribution in [0.2, 0.25) is 5.02 Å². The van der Waals surface area contributed by atoms with Crippen LogP contribution >= 0.6 is 11.6 Å². The second-order valence-electron chi connectivity index (χ2n) is 27.7. The van der Waals surface area contributed by atoms with Gasteiger partial charge in [0.1, 0.15) is 54.4 Å². The van der Waals surface area contributed by atoms with E-state index in [1.807, 2.05) is 70.2 Å². The summed E-state index contributed by atoms with van der Waals surface area (Å²) in [5.74, 6) is -8.08. The molecule has 0 aliphatic carbocycles. The quantitative estimate of drug-likeness (QED) is 0.0232. The largest absolute Gasteiger partial charge is 0.394 e. The van der Waals surface area contributed by atoms with Crippen LogP contribution in [0.3, 0.4) is 0 Å². The van der Waals surface area contributed by atoms with Crippen molar-refractivity contribution < 1.29 is 57.8 Å². The number of hydrogen-bond donors (Lipinski definition) is 18. The molecule has 0 unspecified atom stereocenters. The van der Waals surface area contributed by atoms with Gasteiger partial charge in [-0.25, -0.2) is 10.2 Å². The lowest BCUT2D eigenvalue weighted by Gasteiger charge is -2.31. The Bertz CT molecular complexity index is 4000. The predicted molar refractivity (Wildman–Crippen MR) is 409 cm³/mol. The first kappa shape index (κ1) is 85.2. The van der Waals surface area contributed by atoms with Crippen molar-refractivity contribution in [3.63, 3.8) is 0 Å². The number of H-pyrrole nitrogens is 2. The molecule has 3 aromatic heterocycles. The monoisotopic (exact) mass is 1530 g/mol. The molecule has 0 saturated carbocycles. The number of amides is 11. The van der Waals surface area contributed by atoms with E-state index < -0.39 is 133 Å². The lowest BCUT2D eigenvalue weighted by atomic mass is 9.99. The van der Waals surface area contributed by atoms with Gasteiger partial charge in [0.2, 0.25) is 88.8 Å². The average Bonchev–Trinajstić information content (AvgIpc) is 1.82. The minimum absolute atomic E-state index is 0.0380. The van der Waals surface area contributed by atoms with Crippen molar-refractivity contribution in [2.24, 2.45) is 11.7 Å². The number of benzene rings is 3. The average molecular weight is 1530 g/mol. The van der Waals surface area contributed by atoms with Gasteiger partial charge in [-0.15, -0.1) is 10.2 Å². The fourth-order valence-corrected chi connectivity index (χ4v) is 12.5. The number of unbranched alkanes of at least 4 members (excludes halogenated alkanes) is 3. The molecule has 11 amide bonds. The Balaban J connectivity index is 1.13. The number of fused-ring (bicyclic) bond motifs is 1. The number of aliphatic hydroxyl groups is 1. The standard InChI is InChI=1S/C73H104ClN23O12/c1-42(2)34-54(63(103)86-53(21-10-11-30-79-43(3)4)69(109)97-33-15-22-59(97)68(108)82-40-60(75)100)87-62(102)52(20-9-13-32-81-73-92-71(77)94-96-73)84-61(101)51(19-8-12-31-80-72-91-70(76)93-95-72)85-67(107)58(41-98)90-66(106)57(38-47-16-14-29-78-39-47)89-65(105)56(36-45-24-27-50(74)28-25-45)88-64(104)55(83-44(5)99)37-46-23-26-48-17-6-7-18-49(48)35-46/h6-7,14,16-18,23-29,35,39,42-43,51-59,79,98H,8-13,15,19-22,30-34,36-38,40-41H2,1-5H3,(H2,75,100)(H,82,108)(H,83,99)(H,84,101)(H,85,107)(H,86,103)(H,87,102)(H,88,104)(H,89,105)(H,90,106)(H4,76,80,91,93,95)(H4,77,81,92,94,96)/t51-,52+,53-,54-,55+,56+,57+,58-,59-/m0/s1. The molecule has 35 nitrogen and oxygen atoms in total. The third-order valence-electron chi connectivity index (χ3n) is 17.9. The highest BCUT2D eigenvalue weighted by Gasteiger charge is 2.40. The minimum atomic E-state index is -1.80. The summed E-state index contributed by atoms with van der Waals surface area (Å²) in [6, 6.07) is 11.0. The van der Waals surface area contributed by atoms with Crippen molar-refractivity contribution in [1.82, 2.24) is 93.4 Å². The van der Waals surface area contributed by atoms with Gasteiger partial charge in [0.25, 0.3) is 0 Å². The Labute approximate surface area is 637 Å². The molecule has 1 aliphatic heterocycles. The molecule has 590 valence electrons. The van der Waals surface area contributed by atoms with E-state index in [4.69, 9.17) is 28.8 Å². The molecule has 0 radical (unpaired) electrons. The smallest absolute Gasteiger partial charge is 0.245 e. The van der Waals surface area contributed by atoms with E-state index in [0.29, 0.717) is 66.8 Å². The normalized spacial score (nSPS) is 14.9. The Hall–Kier alpha value is -11.1. The number of carbonyl (C=O) groups is 11. The third-order valence-corrected chi connectivity index (χ3v) is 18.2. The fourth-order valence-electron chi connectivity index (χ4n) is 12.4. The van der Waals surface area contributed by atoms with Crippen molar-refractivity contribution in [1.29, 1.82) is 0 Å². The number of aromatic amines is 2. The van der Waals surface area contributed by atoms with Crippen molar-refractivity contribution in [3.8, 4) is 0 Å². The van der Waals surface area contributed by atoms with Crippen molar-refractivity contribution in [3.05, 3.63) is 113 Å². The first-order chi connectivity index (χ1) is 52.2. The first-order valence-corrected chi connectivity index (χ1v) is 37.1. The number of likely N-dealkylation sites (tertiary alicyclic amines) is 1. The highest BCUT2D eigenvalue weighted by Crippen LogP contribution is 2.22. The van der Waals surface area contributed by atoms with Crippen molar-refractivity contribution in [2.75, 3.05) is 61.4 Å². The summed E-state index contributed by atoms with van der Waals surface area (Å²) < 4.78 is 0. The molecule has 1 aliphatic rings. The number of halogens is 1. The summed E-state index contributed by atoms with van der Waals surface area (Å²) in [5, 5.41) is 60.2. The summed E-state index contributed by atoms with van der Waals surface area (Å²) in [7, 11) is 0. The number of aromatic nitrogens is 7. The Kier molecular flexibility index (Phi) is 34.1. The van der Waals surface area contributed by atoms with Crippen molar-refractivity contribution in [2.45, 2.75) is 191 Å². The first-order valence-electron chi connectivity index (χ1n) is 36.8. The molecule has 36 heteroatoms. The second kappa shape index (κ2) is 43.7. The van der Waals surface area contributed by atoms with Gasteiger partial charge >= 0.3 is 0 Å². The minimum Gasteiger partial charge on any atom is -0.394 e. The molecule has 3 aromatic carbocycles. The fraction of sp³-hybridized carbons (Fsp3) is 0.507. The summed E-state index contributed by atoms with van der Waals surface area (Å²) in [4.78, 5) is 170. The number of nitrogens with one attached hydrogen (secondary N) is 14. The molecular weight excluding hydrogens is 1430 g/mol. The number of aliphatic hydroxyl groups excluding tert-OH is 1. The maximum Gasteiger partial charge on any atom is 0.245 e. The molecule has 21 N–H and O–H groups in total. The van der Waals surface area contributed by atoms with Crippen LogP contribution in [-0.4, -0.2) is 210 Å². The van der Waals surface area contributed by atoms with Crippen LogP contribution in [0.1, 0.15) is 128 Å². The SMILES string of the molecule is CC(=O)N[C@H](Cc1ccc2ccccc2c1)C(=O)N[C@H](Cc1ccc(Cl)cc1)C(=O)N[C@H](Cc1cccnc1)C(=O)N[C@@H](CO)C(=O)N[C@@H](CCCCNc1n[nH]c(N)n1)C(=O)N[C@H](CCCCNc1n[nH]c(N)n1)C(=O)N[C@@H](CC(C)C)C(=O)N[C@@H](CCCCNC(C)C)C(=O)N1CCC[C@H]1C(=O)NCC(N)=O. The van der Waals surface area contributed by atoms with Crippen LogP contribution in [-0.2, 0) is 72.0 Å². The van der Waals surface area contributed by atoms with Gasteiger partial charge in [0, 0.05) is 69.3 Å². The molecule has 1 saturated heterocycles. The van der Waals surface area contributed by atoms with Gasteiger partial charge in [0.05, 0.1) is 13.2 Å². The van der Waals surface area contributed by atoms with Crippen LogP contribution in [0.4, 0.5) is 23.8 Å². The molecule has 109 heavy (non-hydrogen) atoms. The van der Waals surface area contributed by atoms with Gasteiger partial charge in [-0.2, -0.15) is 9.97 Å². The van der Waals surface area contributed by atoms with Crippen LogP contribution in [0, 0.1) is 5.92 Å². The van der Waals surface area contributed by atoms with Gasteiger partial charge in [-0.3, -0.25) is 57.7 Å². The van der Waals surface area contributed by atoms with Crippen LogP contribution in [0.15, 0.2) is 91.3 Å². The number of hydrogen-bond acceptors (Lipinski definition) is 22. The van der Waals surface area contributed by atoms with Crippen LogP contribution < -0.4 is 81.0 Å². The van der Waals surface area contributed by atoms with Crippen LogP contribution in [0.5, 0.6) is 0 Å². The third kappa shape index (κ3) is 28.9. The maximum absolute atomic E-state index is 15.1. The summed E-state index contributed by atoms with van der Waals surface area (Å²) in [5.41, 5.74) is 18.5. The Morgan fingerprint density at radius 1 is 0.560 bits per heavy atom. The van der Waals surface area contributed by atoms with E-state index in [9.17, 15) is 48.3 Å². The number of carbonyl (C=O) groups excluding carboxylic acids is 11. The number of primary amides is 1. The Morgan fingerprint density at radius 2 is 1.05 bits per heavy atom. The van der Waals surface area contributed by atoms with Gasteiger partial charge in [-0.1, -0.05) is 100.0 Å². The van der Waals surface area contributed by atoms with Gasteiger partial charge in [-0.05, 0) is 135 Å². The predicted octanol–water partition coefficient (Wildman–Crippen LogP) is 0.579. The molecule has 7 rings (SSSR count). The second-order valence-corrected chi connectivity index (χ2v) is 28.1. The summed E-state index contributed by atoms with van der Waals surface area (Å²) >= 11 is 6.26. The van der Waals surface area contributed by atoms with Crippen LogP contribution in [0.25, 0.3) is 10.8 Å². The van der Waals surface area contributed by atoms with E-state index in [0.717, 1.165) is 10.8 Å². The maximum atomic E-state index is 15.1. The molecular formula is C73H104ClN23O12. The van der Waals surface area contributed by atoms with Gasteiger partial charge in [0.15, 0.2) is 0 Å². The molecule has 4 heterocycles. The lowest BCUT2D eigenvalue weighted by molar-refractivity contribution is -0.142. The zero-order chi connectivity index (χ0) is 78.9. The van der Waals surface area contributed by atoms with E-state index in [1.165, 1.54) is 24.2 Å². The highest BCUT2D eigenvalue weighted by molar-refractivity contribution is 6.30. The molecule has 1 fully saturated rings. The number of anilines is 4. The van der Waals surface area contributed by atoms with Gasteiger partial charge < -0.3 is 91.0 Å². The molecule has 9 atom stereocenters. The number of nitrogen functional groups attached to an aromatic ring is 2. The number of nitrogens with zero attached hydrogens (tertiary/aromatic N) is 6. The molecule has 6 aromatic rings. The summed E-state index contributed by atoms with van der Waals surface area (Å²) in [6.07, 6.45) is 5.80.